The molecule has 0 bridgehead atoms. The van der Waals surface area contributed by atoms with Gasteiger partial charge in [-0.25, -0.2) is 5.43 Å². The number of hydrogen-bond acceptors (Lipinski definition) is 2. The first-order valence-electron chi connectivity index (χ1n) is 7.75. The molecule has 3 nitrogen and oxygen atoms in total. The Morgan fingerprint density at radius 1 is 1.20 bits per heavy atom. The third-order valence-electron chi connectivity index (χ3n) is 3.76. The van der Waals surface area contributed by atoms with E-state index in [1.54, 1.807) is 0 Å². The van der Waals surface area contributed by atoms with E-state index >= 15 is 0 Å². The highest BCUT2D eigenvalue weighted by Gasteiger charge is 2.14. The van der Waals surface area contributed by atoms with Gasteiger partial charge in [0.25, 0.3) is 0 Å². The molecular formula is C17H24N2O. The van der Waals surface area contributed by atoms with Gasteiger partial charge in [-0.3, -0.25) is 4.79 Å². The van der Waals surface area contributed by atoms with Gasteiger partial charge in [-0.05, 0) is 31.2 Å². The molecule has 1 aliphatic carbocycles. The molecule has 0 saturated carbocycles. The number of hydrazone groups is 1. The van der Waals surface area contributed by atoms with Crippen LogP contribution in [0.3, 0.4) is 0 Å². The van der Waals surface area contributed by atoms with Crippen LogP contribution in [0, 0.1) is 0 Å². The van der Waals surface area contributed by atoms with Gasteiger partial charge < -0.3 is 0 Å². The highest BCUT2D eigenvalue weighted by Crippen LogP contribution is 2.21. The zero-order chi connectivity index (χ0) is 14.2. The highest BCUT2D eigenvalue weighted by molar-refractivity contribution is 6.03. The number of aryl methyl sites for hydroxylation is 1. The molecule has 0 heterocycles. The van der Waals surface area contributed by atoms with Crippen LogP contribution in [0.1, 0.15) is 63.0 Å². The lowest BCUT2D eigenvalue weighted by atomic mass is 9.90. The molecule has 1 aromatic rings. The maximum Gasteiger partial charge on any atom is 0.240 e. The molecule has 1 aromatic carbocycles. The molecule has 1 amide bonds. The maximum absolute atomic E-state index is 11.7. The molecule has 1 aliphatic rings. The van der Waals surface area contributed by atoms with Gasteiger partial charge in [0.2, 0.25) is 5.91 Å². The van der Waals surface area contributed by atoms with Crippen LogP contribution >= 0.6 is 0 Å². The number of rotatable bonds is 6. The summed E-state index contributed by atoms with van der Waals surface area (Å²) in [6, 6.07) is 8.34. The van der Waals surface area contributed by atoms with E-state index in [0.29, 0.717) is 6.42 Å². The molecule has 0 unspecified atom stereocenters. The first-order valence-corrected chi connectivity index (χ1v) is 7.75. The van der Waals surface area contributed by atoms with Crippen LogP contribution in [0.25, 0.3) is 0 Å². The second-order valence-electron chi connectivity index (χ2n) is 5.41. The first kappa shape index (κ1) is 14.8. The molecule has 3 heteroatoms. The number of nitrogens with one attached hydrogen (secondary N) is 1. The summed E-state index contributed by atoms with van der Waals surface area (Å²) in [5.41, 5.74) is 6.28. The third-order valence-corrected chi connectivity index (χ3v) is 3.76. The lowest BCUT2D eigenvalue weighted by Gasteiger charge is -2.17. The minimum absolute atomic E-state index is 0.0386. The number of hydrogen-bond donors (Lipinski definition) is 1. The largest absolute Gasteiger partial charge is 0.273 e. The van der Waals surface area contributed by atoms with Crippen LogP contribution in [0.4, 0.5) is 0 Å². The minimum atomic E-state index is 0.0386. The fraction of sp³-hybridized carbons (Fsp3) is 0.529. The van der Waals surface area contributed by atoms with Crippen molar-refractivity contribution in [2.45, 2.75) is 58.3 Å². The zero-order valence-corrected chi connectivity index (χ0v) is 12.3. The van der Waals surface area contributed by atoms with Crippen molar-refractivity contribution in [2.24, 2.45) is 5.10 Å². The van der Waals surface area contributed by atoms with Crippen LogP contribution in [0.15, 0.2) is 29.4 Å². The monoisotopic (exact) mass is 272 g/mol. The molecule has 108 valence electrons. The fourth-order valence-corrected chi connectivity index (χ4v) is 2.61. The number of benzene rings is 1. The molecule has 0 aliphatic heterocycles. The summed E-state index contributed by atoms with van der Waals surface area (Å²) in [6.45, 7) is 2.17. The summed E-state index contributed by atoms with van der Waals surface area (Å²) in [6.07, 6.45) is 8.24. The molecule has 0 spiro atoms. The highest BCUT2D eigenvalue weighted by atomic mass is 16.2. The van der Waals surface area contributed by atoms with Gasteiger partial charge in [0.05, 0.1) is 5.71 Å². The van der Waals surface area contributed by atoms with Crippen molar-refractivity contribution in [3.05, 3.63) is 35.4 Å². The zero-order valence-electron chi connectivity index (χ0n) is 12.3. The summed E-state index contributed by atoms with van der Waals surface area (Å²) in [7, 11) is 0. The Hall–Kier alpha value is -1.64. The van der Waals surface area contributed by atoms with E-state index in [1.165, 1.54) is 24.0 Å². The molecule has 0 radical (unpaired) electrons. The molecule has 20 heavy (non-hydrogen) atoms. The molecule has 0 saturated heterocycles. The number of fused-ring (bicyclic) bond motifs is 1. The summed E-state index contributed by atoms with van der Waals surface area (Å²) in [5, 5.41) is 4.34. The number of amides is 1. The second-order valence-corrected chi connectivity index (χ2v) is 5.41. The lowest BCUT2D eigenvalue weighted by molar-refractivity contribution is -0.121. The number of carbonyl (C=O) groups excluding carboxylic acids is 1. The van der Waals surface area contributed by atoms with Gasteiger partial charge in [0.1, 0.15) is 0 Å². The normalized spacial score (nSPS) is 15.9. The molecular weight excluding hydrogens is 248 g/mol. The van der Waals surface area contributed by atoms with Gasteiger partial charge in [0.15, 0.2) is 0 Å². The van der Waals surface area contributed by atoms with E-state index in [0.717, 1.165) is 37.8 Å². The van der Waals surface area contributed by atoms with E-state index in [-0.39, 0.29) is 5.91 Å². The maximum atomic E-state index is 11.7. The van der Waals surface area contributed by atoms with Crippen LogP contribution in [0.2, 0.25) is 0 Å². The number of carbonyl (C=O) groups is 1. The molecule has 0 fully saturated rings. The first-order chi connectivity index (χ1) is 9.81. The Labute approximate surface area is 121 Å². The van der Waals surface area contributed by atoms with E-state index < -0.39 is 0 Å². The molecule has 2 rings (SSSR count). The molecule has 0 atom stereocenters. The van der Waals surface area contributed by atoms with Gasteiger partial charge in [-0.1, -0.05) is 50.5 Å². The van der Waals surface area contributed by atoms with E-state index in [1.807, 2.05) is 6.07 Å². The van der Waals surface area contributed by atoms with Crippen LogP contribution in [-0.2, 0) is 11.2 Å². The Bertz CT molecular complexity index is 480. The predicted molar refractivity (Wildman–Crippen MR) is 82.8 cm³/mol. The van der Waals surface area contributed by atoms with Crippen molar-refractivity contribution < 1.29 is 4.79 Å². The summed E-state index contributed by atoms with van der Waals surface area (Å²) in [4.78, 5) is 11.7. The minimum Gasteiger partial charge on any atom is -0.273 e. The van der Waals surface area contributed by atoms with E-state index in [4.69, 9.17) is 0 Å². The van der Waals surface area contributed by atoms with Crippen LogP contribution in [-0.4, -0.2) is 11.6 Å². The van der Waals surface area contributed by atoms with Crippen LogP contribution < -0.4 is 5.43 Å². The fourth-order valence-electron chi connectivity index (χ4n) is 2.61. The van der Waals surface area contributed by atoms with Gasteiger partial charge in [0, 0.05) is 12.0 Å². The smallest absolute Gasteiger partial charge is 0.240 e. The van der Waals surface area contributed by atoms with Crippen molar-refractivity contribution in [3.8, 4) is 0 Å². The van der Waals surface area contributed by atoms with Gasteiger partial charge >= 0.3 is 0 Å². The Morgan fingerprint density at radius 3 is 2.90 bits per heavy atom. The average Bonchev–Trinajstić information content (AvgIpc) is 2.49. The van der Waals surface area contributed by atoms with Crippen molar-refractivity contribution in [1.82, 2.24) is 5.43 Å². The number of unbranched alkanes of at least 4 members (excludes halogenated alkanes) is 3. The predicted octanol–water partition coefficient (Wildman–Crippen LogP) is 3.81. The Balaban J connectivity index is 1.87. The SMILES string of the molecule is CCCCCCC(=O)NN=C1CCCc2ccccc21. The summed E-state index contributed by atoms with van der Waals surface area (Å²) in [5.74, 6) is 0.0386. The Kier molecular flexibility index (Phi) is 5.78. The van der Waals surface area contributed by atoms with E-state index in [9.17, 15) is 4.79 Å². The second kappa shape index (κ2) is 7.83. The lowest BCUT2D eigenvalue weighted by Crippen LogP contribution is -2.21. The van der Waals surface area contributed by atoms with Crippen LogP contribution in [0.5, 0.6) is 0 Å². The molecule has 1 N–H and O–H groups in total. The third kappa shape index (κ3) is 4.19. The number of nitrogens with zero attached hydrogens (tertiary/aromatic N) is 1. The summed E-state index contributed by atoms with van der Waals surface area (Å²) < 4.78 is 0. The molecule has 0 aromatic heterocycles. The topological polar surface area (TPSA) is 41.5 Å². The van der Waals surface area contributed by atoms with E-state index in [2.05, 4.69) is 35.7 Å². The van der Waals surface area contributed by atoms with Gasteiger partial charge in [-0.15, -0.1) is 0 Å². The van der Waals surface area contributed by atoms with Crippen molar-refractivity contribution in [2.75, 3.05) is 0 Å². The standard InChI is InChI=1S/C17H24N2O/c1-2-3-4-5-13-17(20)19-18-16-12-8-10-14-9-6-7-11-15(14)16/h6-7,9,11H,2-5,8,10,12-13H2,1H3,(H,19,20). The Morgan fingerprint density at radius 2 is 2.05 bits per heavy atom. The quantitative estimate of drug-likeness (QED) is 0.621. The summed E-state index contributed by atoms with van der Waals surface area (Å²) >= 11 is 0. The van der Waals surface area contributed by atoms with Crippen molar-refractivity contribution in [3.63, 3.8) is 0 Å². The average molecular weight is 272 g/mol. The van der Waals surface area contributed by atoms with Crippen molar-refractivity contribution >= 4 is 11.6 Å². The van der Waals surface area contributed by atoms with Gasteiger partial charge in [-0.2, -0.15) is 5.10 Å². The van der Waals surface area contributed by atoms with Crippen molar-refractivity contribution in [1.29, 1.82) is 0 Å².